The third-order valence-electron chi connectivity index (χ3n) is 6.27. The molecule has 3 aromatic rings. The highest BCUT2D eigenvalue weighted by atomic mass is 31.2. The molecule has 0 saturated carbocycles. The molecular formula is C25H26NOP. The summed E-state index contributed by atoms with van der Waals surface area (Å²) in [5, 5.41) is 0. The molecule has 28 heavy (non-hydrogen) atoms. The molecule has 0 N–H and O–H groups in total. The van der Waals surface area contributed by atoms with Crippen molar-refractivity contribution in [2.75, 3.05) is 7.05 Å². The van der Waals surface area contributed by atoms with Gasteiger partial charge < -0.3 is 4.52 Å². The molecule has 0 amide bonds. The average Bonchev–Trinajstić information content (AvgIpc) is 2.94. The Morgan fingerprint density at radius 3 is 1.93 bits per heavy atom. The Labute approximate surface area is 169 Å². The Morgan fingerprint density at radius 2 is 1.32 bits per heavy atom. The predicted octanol–water partition coefficient (Wildman–Crippen LogP) is 6.28. The number of nitrogens with zero attached hydrogens (tertiary/aromatic N) is 1. The van der Waals surface area contributed by atoms with Gasteiger partial charge >= 0.3 is 0 Å². The van der Waals surface area contributed by atoms with Crippen molar-refractivity contribution in [3.8, 4) is 0 Å². The Kier molecular flexibility index (Phi) is 4.80. The van der Waals surface area contributed by atoms with Crippen LogP contribution >= 0.6 is 8.30 Å². The van der Waals surface area contributed by atoms with E-state index >= 15 is 0 Å². The van der Waals surface area contributed by atoms with E-state index in [-0.39, 0.29) is 6.10 Å². The largest absolute Gasteiger partial charge is 0.333 e. The zero-order valence-corrected chi connectivity index (χ0v) is 17.3. The Morgan fingerprint density at radius 1 is 0.786 bits per heavy atom. The number of fused-ring (bicyclic) bond motifs is 2. The van der Waals surface area contributed by atoms with Crippen LogP contribution in [0.4, 0.5) is 0 Å². The van der Waals surface area contributed by atoms with E-state index in [1.54, 1.807) is 0 Å². The second-order valence-electron chi connectivity index (χ2n) is 7.85. The van der Waals surface area contributed by atoms with Gasteiger partial charge in [-0.1, -0.05) is 78.9 Å². The summed E-state index contributed by atoms with van der Waals surface area (Å²) in [7, 11) is 1.46. The summed E-state index contributed by atoms with van der Waals surface area (Å²) in [5.41, 5.74) is 7.42. The second-order valence-corrected chi connectivity index (χ2v) is 9.82. The van der Waals surface area contributed by atoms with Gasteiger partial charge in [-0.25, -0.2) is 0 Å². The standard InChI is InChI=1S/C25H26NOP/c1-18-24(21-12-4-3-5-13-21)27-28(26(18)2)25-22-14-8-6-10-19(22)16-17-20-11-7-9-15-23(20)25/h3-15,18,24-25H,16-17H2,1-2H3/t18-,24-,28?/m0/s1. The van der Waals surface area contributed by atoms with Crippen LogP contribution in [0, 0.1) is 0 Å². The molecule has 142 valence electrons. The summed E-state index contributed by atoms with van der Waals surface area (Å²) in [6, 6.07) is 29.0. The Balaban J connectivity index is 1.61. The first-order chi connectivity index (χ1) is 13.7. The Hall–Kier alpha value is -1.99. The van der Waals surface area contributed by atoms with Crippen LogP contribution in [-0.2, 0) is 17.4 Å². The van der Waals surface area contributed by atoms with Gasteiger partial charge in [-0.05, 0) is 54.6 Å². The maximum Gasteiger partial charge on any atom is 0.117 e. The third kappa shape index (κ3) is 3.01. The number of hydrogen-bond acceptors (Lipinski definition) is 2. The zero-order chi connectivity index (χ0) is 19.1. The zero-order valence-electron chi connectivity index (χ0n) is 16.5. The summed E-state index contributed by atoms with van der Waals surface area (Å²) in [6.45, 7) is 2.30. The van der Waals surface area contributed by atoms with Gasteiger partial charge in [-0.15, -0.1) is 0 Å². The van der Waals surface area contributed by atoms with Gasteiger partial charge in [-0.3, -0.25) is 4.67 Å². The second kappa shape index (κ2) is 7.44. The lowest BCUT2D eigenvalue weighted by atomic mass is 10.00. The molecule has 1 unspecified atom stereocenters. The number of likely N-dealkylation sites (N-methyl/N-ethyl adjacent to an activating group) is 1. The fourth-order valence-electron chi connectivity index (χ4n) is 4.61. The molecule has 0 spiro atoms. The van der Waals surface area contributed by atoms with E-state index in [0.29, 0.717) is 11.7 Å². The fraction of sp³-hybridized carbons (Fsp3) is 0.280. The minimum Gasteiger partial charge on any atom is -0.333 e. The normalized spacial score (nSPS) is 25.1. The molecule has 1 aliphatic heterocycles. The van der Waals surface area contributed by atoms with Crippen molar-refractivity contribution in [1.29, 1.82) is 0 Å². The molecule has 3 atom stereocenters. The molecule has 3 aromatic carbocycles. The predicted molar refractivity (Wildman–Crippen MR) is 117 cm³/mol. The SMILES string of the molecule is C[C@H]1[C@@H](c2ccccc2)OP(C2c3ccccc3CCc3ccccc32)N1C. The molecule has 2 aliphatic rings. The number of aryl methyl sites for hydroxylation is 2. The van der Waals surface area contributed by atoms with Gasteiger partial charge in [0.1, 0.15) is 14.4 Å². The van der Waals surface area contributed by atoms with Crippen molar-refractivity contribution in [2.45, 2.75) is 37.6 Å². The summed E-state index contributed by atoms with van der Waals surface area (Å²) >= 11 is 0. The van der Waals surface area contributed by atoms with Crippen LogP contribution in [0.15, 0.2) is 78.9 Å². The van der Waals surface area contributed by atoms with Gasteiger partial charge in [-0.2, -0.15) is 0 Å². The van der Waals surface area contributed by atoms with Crippen molar-refractivity contribution < 1.29 is 4.52 Å². The first-order valence-corrected chi connectivity index (χ1v) is 11.4. The van der Waals surface area contributed by atoms with Crippen molar-refractivity contribution in [3.63, 3.8) is 0 Å². The Bertz CT molecular complexity index is 926. The van der Waals surface area contributed by atoms with E-state index < -0.39 is 8.30 Å². The summed E-state index contributed by atoms with van der Waals surface area (Å²) in [5.74, 6) is 0. The molecule has 1 fully saturated rings. The smallest absolute Gasteiger partial charge is 0.117 e. The summed E-state index contributed by atoms with van der Waals surface area (Å²) in [6.07, 6.45) is 2.34. The molecule has 1 aliphatic carbocycles. The lowest BCUT2D eigenvalue weighted by Gasteiger charge is -2.30. The number of rotatable bonds is 2. The van der Waals surface area contributed by atoms with E-state index in [9.17, 15) is 0 Å². The fourth-order valence-corrected chi connectivity index (χ4v) is 7.24. The van der Waals surface area contributed by atoms with E-state index in [4.69, 9.17) is 4.52 Å². The lowest BCUT2D eigenvalue weighted by Crippen LogP contribution is -2.23. The molecule has 3 heteroatoms. The van der Waals surface area contributed by atoms with Crippen LogP contribution in [0.1, 0.15) is 46.5 Å². The van der Waals surface area contributed by atoms with Crippen LogP contribution in [0.5, 0.6) is 0 Å². The van der Waals surface area contributed by atoms with Gasteiger partial charge in [0, 0.05) is 6.04 Å². The third-order valence-corrected chi connectivity index (χ3v) is 8.70. The molecule has 2 nitrogen and oxygen atoms in total. The van der Waals surface area contributed by atoms with Crippen molar-refractivity contribution >= 4 is 8.30 Å². The van der Waals surface area contributed by atoms with Crippen molar-refractivity contribution in [3.05, 3.63) is 107 Å². The highest BCUT2D eigenvalue weighted by Gasteiger charge is 2.44. The maximum atomic E-state index is 6.87. The molecule has 0 bridgehead atoms. The minimum absolute atomic E-state index is 0.125. The summed E-state index contributed by atoms with van der Waals surface area (Å²) < 4.78 is 9.37. The molecule has 5 rings (SSSR count). The molecule has 1 heterocycles. The monoisotopic (exact) mass is 387 g/mol. The van der Waals surface area contributed by atoms with Gasteiger partial charge in [0.25, 0.3) is 0 Å². The lowest BCUT2D eigenvalue weighted by molar-refractivity contribution is 0.217. The van der Waals surface area contributed by atoms with Crippen LogP contribution in [0.25, 0.3) is 0 Å². The molecule has 0 aromatic heterocycles. The van der Waals surface area contributed by atoms with Crippen LogP contribution in [-0.4, -0.2) is 17.8 Å². The van der Waals surface area contributed by atoms with E-state index in [2.05, 4.69) is 97.5 Å². The van der Waals surface area contributed by atoms with Crippen LogP contribution in [0.3, 0.4) is 0 Å². The van der Waals surface area contributed by atoms with Crippen LogP contribution < -0.4 is 0 Å². The first kappa shape index (κ1) is 18.1. The van der Waals surface area contributed by atoms with Gasteiger partial charge in [0.2, 0.25) is 0 Å². The number of hydrogen-bond donors (Lipinski definition) is 0. The quantitative estimate of drug-likeness (QED) is 0.480. The summed E-state index contributed by atoms with van der Waals surface area (Å²) in [4.78, 5) is 0. The average molecular weight is 387 g/mol. The van der Waals surface area contributed by atoms with Gasteiger partial charge in [0.15, 0.2) is 0 Å². The highest BCUT2D eigenvalue weighted by Crippen LogP contribution is 2.66. The van der Waals surface area contributed by atoms with Gasteiger partial charge in [0.05, 0.1) is 5.66 Å². The topological polar surface area (TPSA) is 12.5 Å². The van der Waals surface area contributed by atoms with Crippen molar-refractivity contribution in [1.82, 2.24) is 4.67 Å². The van der Waals surface area contributed by atoms with E-state index in [1.807, 2.05) is 0 Å². The van der Waals surface area contributed by atoms with Crippen LogP contribution in [0.2, 0.25) is 0 Å². The number of benzene rings is 3. The highest BCUT2D eigenvalue weighted by molar-refractivity contribution is 7.51. The minimum atomic E-state index is -0.784. The molecule has 0 radical (unpaired) electrons. The molecular weight excluding hydrogens is 361 g/mol. The first-order valence-electron chi connectivity index (χ1n) is 10.1. The van der Waals surface area contributed by atoms with Crippen molar-refractivity contribution in [2.24, 2.45) is 0 Å². The van der Waals surface area contributed by atoms with E-state index in [1.165, 1.54) is 27.8 Å². The maximum absolute atomic E-state index is 6.87. The van der Waals surface area contributed by atoms with E-state index in [0.717, 1.165) is 12.8 Å². The molecule has 1 saturated heterocycles.